The summed E-state index contributed by atoms with van der Waals surface area (Å²) in [7, 11) is 2.12. The van der Waals surface area contributed by atoms with Gasteiger partial charge in [0.25, 0.3) is 17.4 Å². The Morgan fingerprint density at radius 1 is 1.07 bits per heavy atom. The SMILES string of the molecule is CN1CCC(Nc2ccc(-n3c(N)c4c(cc3=O)C(=O)NC4=O)cc2)CC1. The number of likely N-dealkylation sites (tertiary alicyclic amines) is 1. The van der Waals surface area contributed by atoms with Crippen LogP contribution in [0.25, 0.3) is 5.69 Å². The highest BCUT2D eigenvalue weighted by atomic mass is 16.2. The van der Waals surface area contributed by atoms with Crippen LogP contribution in [0.1, 0.15) is 33.6 Å². The van der Waals surface area contributed by atoms with Crippen molar-refractivity contribution < 1.29 is 9.59 Å². The Morgan fingerprint density at radius 2 is 1.74 bits per heavy atom. The maximum atomic E-state index is 12.5. The lowest BCUT2D eigenvalue weighted by Crippen LogP contribution is -2.36. The van der Waals surface area contributed by atoms with Gasteiger partial charge >= 0.3 is 0 Å². The van der Waals surface area contributed by atoms with Crippen LogP contribution in [-0.4, -0.2) is 47.5 Å². The Bertz CT molecular complexity index is 972. The summed E-state index contributed by atoms with van der Waals surface area (Å²) in [5, 5.41) is 5.67. The number of pyridine rings is 1. The van der Waals surface area contributed by atoms with E-state index in [1.54, 1.807) is 12.1 Å². The first-order valence-electron chi connectivity index (χ1n) is 8.91. The van der Waals surface area contributed by atoms with Crippen molar-refractivity contribution in [2.24, 2.45) is 0 Å². The maximum absolute atomic E-state index is 12.5. The minimum Gasteiger partial charge on any atom is -0.384 e. The van der Waals surface area contributed by atoms with Gasteiger partial charge in [-0.05, 0) is 57.2 Å². The normalized spacial score (nSPS) is 17.7. The summed E-state index contributed by atoms with van der Waals surface area (Å²) in [6.07, 6.45) is 2.16. The fraction of sp³-hybridized carbons (Fsp3) is 0.316. The summed E-state index contributed by atoms with van der Waals surface area (Å²) >= 11 is 0. The van der Waals surface area contributed by atoms with Crippen LogP contribution in [0.4, 0.5) is 11.5 Å². The highest BCUT2D eigenvalue weighted by Crippen LogP contribution is 2.24. The monoisotopic (exact) mass is 367 g/mol. The molecule has 0 unspecified atom stereocenters. The lowest BCUT2D eigenvalue weighted by atomic mass is 10.1. The molecule has 2 aromatic rings. The first-order valence-corrected chi connectivity index (χ1v) is 8.91. The minimum atomic E-state index is -0.594. The van der Waals surface area contributed by atoms with E-state index in [4.69, 9.17) is 5.73 Å². The number of hydrogen-bond acceptors (Lipinski definition) is 6. The number of amides is 2. The minimum absolute atomic E-state index is 0.0271. The Morgan fingerprint density at radius 3 is 2.41 bits per heavy atom. The van der Waals surface area contributed by atoms with Crippen LogP contribution in [0, 0.1) is 0 Å². The van der Waals surface area contributed by atoms with E-state index in [0.29, 0.717) is 11.7 Å². The van der Waals surface area contributed by atoms with Gasteiger partial charge in [0.05, 0.1) is 16.8 Å². The zero-order chi connectivity index (χ0) is 19.1. The summed E-state index contributed by atoms with van der Waals surface area (Å²) in [6, 6.07) is 8.90. The number of fused-ring (bicyclic) bond motifs is 1. The van der Waals surface area contributed by atoms with E-state index in [9.17, 15) is 14.4 Å². The Hall–Kier alpha value is -3.13. The van der Waals surface area contributed by atoms with E-state index in [-0.39, 0.29) is 16.9 Å². The number of nitrogens with zero attached hydrogens (tertiary/aromatic N) is 2. The van der Waals surface area contributed by atoms with Crippen LogP contribution in [0.5, 0.6) is 0 Å². The van der Waals surface area contributed by atoms with Gasteiger partial charge < -0.3 is 16.0 Å². The average Bonchev–Trinajstić information content (AvgIpc) is 2.92. The number of benzene rings is 1. The molecular formula is C19H21N5O3. The van der Waals surface area contributed by atoms with Crippen molar-refractivity contribution in [3.8, 4) is 5.69 Å². The van der Waals surface area contributed by atoms with E-state index in [1.807, 2.05) is 12.1 Å². The molecule has 1 saturated heterocycles. The third kappa shape index (κ3) is 3.08. The van der Waals surface area contributed by atoms with Crippen molar-refractivity contribution in [3.05, 3.63) is 51.8 Å². The van der Waals surface area contributed by atoms with Crippen molar-refractivity contribution in [1.82, 2.24) is 14.8 Å². The molecule has 3 heterocycles. The number of nitrogen functional groups attached to an aromatic ring is 1. The second-order valence-electron chi connectivity index (χ2n) is 7.04. The summed E-state index contributed by atoms with van der Waals surface area (Å²) in [6.45, 7) is 2.13. The molecule has 0 atom stereocenters. The number of nitrogens with two attached hydrogens (primary N) is 1. The van der Waals surface area contributed by atoms with Crippen LogP contribution >= 0.6 is 0 Å². The average molecular weight is 367 g/mol. The highest BCUT2D eigenvalue weighted by Gasteiger charge is 2.31. The van der Waals surface area contributed by atoms with Crippen LogP contribution in [0.2, 0.25) is 0 Å². The lowest BCUT2D eigenvalue weighted by Gasteiger charge is -2.30. The van der Waals surface area contributed by atoms with Crippen molar-refractivity contribution in [2.75, 3.05) is 31.2 Å². The number of imide groups is 1. The van der Waals surface area contributed by atoms with E-state index in [0.717, 1.165) is 37.7 Å². The second-order valence-corrected chi connectivity index (χ2v) is 7.04. The number of hydrogen-bond donors (Lipinski definition) is 3. The van der Waals surface area contributed by atoms with Gasteiger partial charge in [-0.1, -0.05) is 0 Å². The number of rotatable bonds is 3. The topological polar surface area (TPSA) is 109 Å². The molecule has 0 saturated carbocycles. The first-order chi connectivity index (χ1) is 12.9. The third-order valence-electron chi connectivity index (χ3n) is 5.17. The number of nitrogens with one attached hydrogen (secondary N) is 2. The largest absolute Gasteiger partial charge is 0.384 e. The van der Waals surface area contributed by atoms with E-state index in [2.05, 4.69) is 22.6 Å². The highest BCUT2D eigenvalue weighted by molar-refractivity contribution is 6.23. The van der Waals surface area contributed by atoms with Crippen molar-refractivity contribution >= 4 is 23.3 Å². The molecule has 4 rings (SSSR count). The van der Waals surface area contributed by atoms with Crippen LogP contribution < -0.4 is 21.9 Å². The Labute approximate surface area is 156 Å². The molecule has 2 amide bonds. The molecule has 0 bridgehead atoms. The molecule has 1 aromatic carbocycles. The van der Waals surface area contributed by atoms with Gasteiger partial charge in [0, 0.05) is 17.8 Å². The van der Waals surface area contributed by atoms with Gasteiger partial charge in [0.1, 0.15) is 5.82 Å². The van der Waals surface area contributed by atoms with Crippen molar-refractivity contribution in [3.63, 3.8) is 0 Å². The van der Waals surface area contributed by atoms with E-state index >= 15 is 0 Å². The van der Waals surface area contributed by atoms with Crippen molar-refractivity contribution in [2.45, 2.75) is 18.9 Å². The second kappa shape index (κ2) is 6.55. The predicted molar refractivity (Wildman–Crippen MR) is 102 cm³/mol. The van der Waals surface area contributed by atoms with Gasteiger partial charge in [-0.25, -0.2) is 0 Å². The number of anilines is 2. The smallest absolute Gasteiger partial charge is 0.262 e. The number of aromatic nitrogens is 1. The summed E-state index contributed by atoms with van der Waals surface area (Å²) in [5.41, 5.74) is 7.18. The number of piperidine rings is 1. The molecule has 0 radical (unpaired) electrons. The first kappa shape index (κ1) is 17.3. The molecule has 0 aliphatic carbocycles. The fourth-order valence-electron chi connectivity index (χ4n) is 3.64. The van der Waals surface area contributed by atoms with Crippen LogP contribution in [0.3, 0.4) is 0 Å². The predicted octanol–water partition coefficient (Wildman–Crippen LogP) is 0.809. The van der Waals surface area contributed by atoms with E-state index < -0.39 is 17.4 Å². The van der Waals surface area contributed by atoms with Crippen LogP contribution in [0.15, 0.2) is 35.1 Å². The molecule has 0 spiro atoms. The fourth-order valence-corrected chi connectivity index (χ4v) is 3.64. The van der Waals surface area contributed by atoms with Crippen LogP contribution in [-0.2, 0) is 0 Å². The molecule has 8 heteroatoms. The molecule has 140 valence electrons. The van der Waals surface area contributed by atoms with Gasteiger partial charge in [-0.15, -0.1) is 0 Å². The molecule has 8 nitrogen and oxygen atoms in total. The zero-order valence-electron chi connectivity index (χ0n) is 15.0. The summed E-state index contributed by atoms with van der Waals surface area (Å²) in [5.74, 6) is -1.21. The van der Waals surface area contributed by atoms with Gasteiger partial charge in [0.2, 0.25) is 0 Å². The zero-order valence-corrected chi connectivity index (χ0v) is 15.0. The molecule has 1 fully saturated rings. The summed E-state index contributed by atoms with van der Waals surface area (Å²) in [4.78, 5) is 38.5. The maximum Gasteiger partial charge on any atom is 0.262 e. The molecule has 2 aliphatic rings. The van der Waals surface area contributed by atoms with Gasteiger partial charge in [0.15, 0.2) is 0 Å². The van der Waals surface area contributed by atoms with Gasteiger partial charge in [-0.3, -0.25) is 24.3 Å². The molecular weight excluding hydrogens is 346 g/mol. The lowest BCUT2D eigenvalue weighted by molar-refractivity contribution is 0.0880. The van der Waals surface area contributed by atoms with E-state index in [1.165, 1.54) is 4.57 Å². The Balaban J connectivity index is 1.61. The molecule has 1 aromatic heterocycles. The molecule has 2 aliphatic heterocycles. The quantitative estimate of drug-likeness (QED) is 0.693. The summed E-state index contributed by atoms with van der Waals surface area (Å²) < 4.78 is 1.25. The Kier molecular flexibility index (Phi) is 4.19. The third-order valence-corrected chi connectivity index (χ3v) is 5.17. The van der Waals surface area contributed by atoms with Crippen molar-refractivity contribution in [1.29, 1.82) is 0 Å². The van der Waals surface area contributed by atoms with Gasteiger partial charge in [-0.2, -0.15) is 0 Å². The number of carbonyl (C=O) groups is 2. The number of carbonyl (C=O) groups excluding carboxylic acids is 2. The standard InChI is InChI=1S/C19H21N5O3/c1-23-8-6-12(7-9-23)21-11-2-4-13(5-3-11)24-15(25)10-14-16(17(24)20)19(27)22-18(14)26/h2-5,10,12,21H,6-9,20H2,1H3,(H,22,26,27). The molecule has 27 heavy (non-hydrogen) atoms. The molecule has 4 N–H and O–H groups in total.